The van der Waals surface area contributed by atoms with Crippen molar-refractivity contribution >= 4 is 23.9 Å². The van der Waals surface area contributed by atoms with Crippen molar-refractivity contribution in [2.75, 3.05) is 52.5 Å². The molecule has 0 bridgehead atoms. The Bertz CT molecular complexity index is 373. The van der Waals surface area contributed by atoms with Crippen LogP contribution >= 0.6 is 0 Å². The zero-order valence-electron chi connectivity index (χ0n) is 16.2. The molecule has 0 heterocycles. The van der Waals surface area contributed by atoms with Crippen LogP contribution in [0.3, 0.4) is 0 Å². The van der Waals surface area contributed by atoms with Gasteiger partial charge in [0.05, 0.1) is 37.1 Å². The minimum atomic E-state index is -1.46. The van der Waals surface area contributed by atoms with Crippen LogP contribution in [0.2, 0.25) is 0 Å². The molecule has 0 saturated heterocycles. The second-order valence-electron chi connectivity index (χ2n) is 4.52. The molecule has 0 radical (unpaired) electrons. The molecule has 0 aromatic carbocycles. The van der Waals surface area contributed by atoms with E-state index in [4.69, 9.17) is 4.74 Å². The molecular weight excluding hydrogens is 473 g/mol. The van der Waals surface area contributed by atoms with E-state index in [-0.39, 0.29) is 232 Å². The summed E-state index contributed by atoms with van der Waals surface area (Å²) in [6, 6.07) is 0. The van der Waals surface area contributed by atoms with Crippen molar-refractivity contribution < 1.29 is 250 Å². The minimum Gasteiger partial charge on any atom is -0.549 e. The Morgan fingerprint density at radius 1 is 0.556 bits per heavy atom. The van der Waals surface area contributed by atoms with E-state index in [1.165, 1.54) is 0 Å². The van der Waals surface area contributed by atoms with Crippen molar-refractivity contribution in [2.24, 2.45) is 0 Å². The van der Waals surface area contributed by atoms with Crippen molar-refractivity contribution in [3.63, 3.8) is 0 Å². The van der Waals surface area contributed by atoms with Gasteiger partial charge < -0.3 is 44.3 Å². The normalized spacial score (nSPS) is 9.26. The second kappa shape index (κ2) is 26.6. The van der Waals surface area contributed by atoms with Crippen LogP contribution in [0.5, 0.6) is 0 Å². The second-order valence-corrected chi connectivity index (χ2v) is 4.52. The van der Waals surface area contributed by atoms with Gasteiger partial charge in [0.15, 0.2) is 0 Å². The van der Waals surface area contributed by atoms with Gasteiger partial charge in [0.25, 0.3) is 0 Å². The molecule has 0 aliphatic rings. The molecule has 27 heavy (non-hydrogen) atoms. The fourth-order valence-electron chi connectivity index (χ4n) is 1.65. The summed E-state index contributed by atoms with van der Waals surface area (Å²) in [5.41, 5.74) is 0. The number of carbonyl (C=O) groups excluding carboxylic acids is 4. The fourth-order valence-corrected chi connectivity index (χ4v) is 1.65. The summed E-state index contributed by atoms with van der Waals surface area (Å²) in [4.78, 5) is 43.8. The number of ether oxygens (including phenoxy) is 1. The summed E-state index contributed by atoms with van der Waals surface area (Å²) < 4.78 is 5.08. The van der Waals surface area contributed by atoms with Crippen LogP contribution in [-0.4, -0.2) is 86.2 Å². The summed E-state index contributed by atoms with van der Waals surface area (Å²) in [5.74, 6) is -5.83. The van der Waals surface area contributed by atoms with Crippen molar-refractivity contribution in [1.29, 1.82) is 0 Å². The average Bonchev–Trinajstić information content (AvgIpc) is 2.34. The van der Waals surface area contributed by atoms with Crippen LogP contribution < -0.4 is 226 Å². The van der Waals surface area contributed by atoms with Crippen LogP contribution in [0.4, 0.5) is 0 Å². The van der Waals surface area contributed by atoms with E-state index in [9.17, 15) is 39.6 Å². The summed E-state index contributed by atoms with van der Waals surface area (Å²) in [7, 11) is 0. The molecular formula is C12H16K4N2O9. The zero-order valence-corrected chi connectivity index (χ0v) is 28.7. The van der Waals surface area contributed by atoms with Gasteiger partial charge in [0.2, 0.25) is 0 Å². The maximum Gasteiger partial charge on any atom is 1.00 e. The molecule has 0 aromatic rings. The Morgan fingerprint density at radius 3 is 0.963 bits per heavy atom. The number of hydrogen-bond donors (Lipinski definition) is 0. The molecule has 0 amide bonds. The van der Waals surface area contributed by atoms with E-state index in [1.54, 1.807) is 0 Å². The maximum atomic E-state index is 10.4. The van der Waals surface area contributed by atoms with Crippen molar-refractivity contribution in [3.05, 3.63) is 0 Å². The molecule has 132 valence electrons. The van der Waals surface area contributed by atoms with Crippen molar-refractivity contribution in [2.45, 2.75) is 0 Å². The van der Waals surface area contributed by atoms with E-state index in [2.05, 4.69) is 0 Å². The number of hydrogen-bond acceptors (Lipinski definition) is 11. The van der Waals surface area contributed by atoms with Crippen molar-refractivity contribution in [1.82, 2.24) is 9.80 Å². The summed E-state index contributed by atoms with van der Waals surface area (Å²) in [6.45, 7) is -2.63. The van der Waals surface area contributed by atoms with Crippen LogP contribution in [0.1, 0.15) is 0 Å². The molecule has 0 atom stereocenters. The Hall–Kier alpha value is 4.31. The average molecular weight is 489 g/mol. The molecule has 0 unspecified atom stereocenters. The van der Waals surface area contributed by atoms with Gasteiger partial charge in [-0.2, -0.15) is 0 Å². The van der Waals surface area contributed by atoms with Crippen LogP contribution in [0, 0.1) is 0 Å². The molecule has 0 spiro atoms. The third kappa shape index (κ3) is 30.3. The fraction of sp³-hybridized carbons (Fsp3) is 0.667. The van der Waals surface area contributed by atoms with Crippen molar-refractivity contribution in [3.8, 4) is 0 Å². The van der Waals surface area contributed by atoms with Gasteiger partial charge in [0.1, 0.15) is 0 Å². The number of carbonyl (C=O) groups is 4. The van der Waals surface area contributed by atoms with E-state index < -0.39 is 50.1 Å². The van der Waals surface area contributed by atoms with Crippen LogP contribution in [-0.2, 0) is 23.9 Å². The Morgan fingerprint density at radius 2 is 0.778 bits per heavy atom. The molecule has 11 nitrogen and oxygen atoms in total. The van der Waals surface area contributed by atoms with Gasteiger partial charge in [-0.15, -0.1) is 0 Å². The third-order valence-corrected chi connectivity index (χ3v) is 2.51. The largest absolute Gasteiger partial charge is 1.00 e. The van der Waals surface area contributed by atoms with Gasteiger partial charge in [0, 0.05) is 39.3 Å². The third-order valence-electron chi connectivity index (χ3n) is 2.51. The first-order valence-corrected chi connectivity index (χ1v) is 6.52. The molecule has 0 rings (SSSR count). The Kier molecular flexibility index (Phi) is 40.9. The van der Waals surface area contributed by atoms with Gasteiger partial charge >= 0.3 is 206 Å². The van der Waals surface area contributed by atoms with Crippen LogP contribution in [0.25, 0.3) is 0 Å². The number of carboxylic acids is 4. The SMILES string of the molecule is O=C([O-])CN(CCOCCN(CC(=O)[O-])CC(=O)[O-])CC(=O)[O-].[K+].[K+].[K+].[K+]. The van der Waals surface area contributed by atoms with E-state index >= 15 is 0 Å². The molecule has 0 aliphatic carbocycles. The molecule has 0 aromatic heterocycles. The molecule has 15 heteroatoms. The summed E-state index contributed by atoms with van der Waals surface area (Å²) >= 11 is 0. The maximum absolute atomic E-state index is 10.4. The van der Waals surface area contributed by atoms with Gasteiger partial charge in [-0.05, 0) is 0 Å². The number of carboxylic acid groups (broad SMARTS) is 4. The predicted octanol–water partition coefficient (Wildman–Crippen LogP) is -19.4. The summed E-state index contributed by atoms with van der Waals surface area (Å²) in [5, 5.41) is 41.8. The van der Waals surface area contributed by atoms with E-state index in [1.807, 2.05) is 0 Å². The molecule has 0 fully saturated rings. The van der Waals surface area contributed by atoms with E-state index in [0.29, 0.717) is 0 Å². The Balaban J connectivity index is -0.000000403. The first kappa shape index (κ1) is 41.5. The summed E-state index contributed by atoms with van der Waals surface area (Å²) in [6.07, 6.45) is 0. The molecule has 0 saturated carbocycles. The molecule has 0 aliphatic heterocycles. The zero-order chi connectivity index (χ0) is 17.8. The quantitative estimate of drug-likeness (QED) is 0.167. The smallest absolute Gasteiger partial charge is 0.549 e. The van der Waals surface area contributed by atoms with Gasteiger partial charge in [-0.1, -0.05) is 0 Å². The molecule has 0 N–H and O–H groups in total. The Labute approximate surface area is 327 Å². The van der Waals surface area contributed by atoms with Gasteiger partial charge in [-0.3, -0.25) is 9.80 Å². The first-order valence-electron chi connectivity index (χ1n) is 6.52. The van der Waals surface area contributed by atoms with E-state index in [0.717, 1.165) is 9.80 Å². The standard InChI is InChI=1S/C12H20N2O9.4K/c15-9(16)5-13(6-10(17)18)1-3-23-4-2-14(7-11(19)20)8-12(21)22;;;;/h1-8H2,(H,15,16)(H,17,18)(H,19,20)(H,21,22);;;;/q;4*+1/p-4. The number of nitrogens with zero attached hydrogens (tertiary/aromatic N) is 2. The topological polar surface area (TPSA) is 176 Å². The predicted molar refractivity (Wildman–Crippen MR) is 63.7 cm³/mol. The minimum absolute atomic E-state index is 0. The first-order chi connectivity index (χ1) is 10.7. The monoisotopic (exact) mass is 488 g/mol. The number of aliphatic carboxylic acids is 4. The van der Waals surface area contributed by atoms with Crippen LogP contribution in [0.15, 0.2) is 0 Å². The number of rotatable bonds is 14. The van der Waals surface area contributed by atoms with Gasteiger partial charge in [-0.25, -0.2) is 0 Å².